The van der Waals surface area contributed by atoms with E-state index in [0.717, 1.165) is 25.4 Å². The molecule has 0 amide bonds. The van der Waals surface area contributed by atoms with Crippen LogP contribution in [0.2, 0.25) is 0 Å². The molecule has 1 aliphatic heterocycles. The minimum atomic E-state index is 0.334. The van der Waals surface area contributed by atoms with Gasteiger partial charge in [-0.3, -0.25) is 4.90 Å². The molecule has 3 heteroatoms. The first-order chi connectivity index (χ1) is 7.74. The Labute approximate surface area is 96.7 Å². The highest BCUT2D eigenvalue weighted by Crippen LogP contribution is 2.10. The summed E-state index contributed by atoms with van der Waals surface area (Å²) in [5, 5.41) is 0. The van der Waals surface area contributed by atoms with Crippen LogP contribution in [-0.4, -0.2) is 36.7 Å². The fourth-order valence-corrected chi connectivity index (χ4v) is 2.14. The van der Waals surface area contributed by atoms with Crippen LogP contribution < -0.4 is 0 Å². The molecular weight excluding hydrogens is 202 g/mol. The zero-order valence-electron chi connectivity index (χ0n) is 9.93. The van der Waals surface area contributed by atoms with Gasteiger partial charge in [0.15, 0.2) is 0 Å². The van der Waals surface area contributed by atoms with Crippen molar-refractivity contribution in [3.8, 4) is 0 Å². The van der Waals surface area contributed by atoms with E-state index in [9.17, 15) is 0 Å². The molecule has 88 valence electrons. The Morgan fingerprint density at radius 2 is 2.12 bits per heavy atom. The fraction of sp³-hybridized carbons (Fsp3) is 0.538. The van der Waals surface area contributed by atoms with E-state index in [1.54, 1.807) is 6.26 Å². The maximum absolute atomic E-state index is 5.68. The average molecular weight is 221 g/mol. The number of hydrogen-bond acceptors (Lipinski definition) is 3. The molecule has 2 unspecified atom stereocenters. The van der Waals surface area contributed by atoms with Crippen LogP contribution >= 0.6 is 0 Å². The molecule has 1 aromatic rings. The first-order valence-electron chi connectivity index (χ1n) is 5.82. The van der Waals surface area contributed by atoms with Crippen molar-refractivity contribution in [1.29, 1.82) is 0 Å². The lowest BCUT2D eigenvalue weighted by molar-refractivity contribution is -0.0645. The first-order valence-corrected chi connectivity index (χ1v) is 5.82. The molecule has 2 atom stereocenters. The lowest BCUT2D eigenvalue weighted by Gasteiger charge is -2.34. The number of ether oxygens (including phenoxy) is 1. The maximum atomic E-state index is 5.68. The van der Waals surface area contributed by atoms with Crippen LogP contribution in [0.4, 0.5) is 0 Å². The summed E-state index contributed by atoms with van der Waals surface area (Å²) in [6.07, 6.45) is 6.52. The molecule has 2 rings (SSSR count). The summed E-state index contributed by atoms with van der Waals surface area (Å²) in [6.45, 7) is 7.22. The van der Waals surface area contributed by atoms with Gasteiger partial charge in [-0.2, -0.15) is 0 Å². The predicted molar refractivity (Wildman–Crippen MR) is 64.2 cm³/mol. The SMILES string of the molecule is CC1CN(CC=Cc2ccco2)CC(C)O1. The van der Waals surface area contributed by atoms with Crippen molar-refractivity contribution < 1.29 is 9.15 Å². The van der Waals surface area contributed by atoms with Crippen molar-refractivity contribution in [2.24, 2.45) is 0 Å². The molecule has 16 heavy (non-hydrogen) atoms. The minimum absolute atomic E-state index is 0.334. The van der Waals surface area contributed by atoms with Crippen molar-refractivity contribution >= 4 is 6.08 Å². The van der Waals surface area contributed by atoms with Crippen molar-refractivity contribution in [2.45, 2.75) is 26.1 Å². The monoisotopic (exact) mass is 221 g/mol. The van der Waals surface area contributed by atoms with Gasteiger partial charge in [0.05, 0.1) is 18.5 Å². The van der Waals surface area contributed by atoms with E-state index in [4.69, 9.17) is 9.15 Å². The molecule has 0 aliphatic carbocycles. The van der Waals surface area contributed by atoms with Gasteiger partial charge in [-0.1, -0.05) is 6.08 Å². The van der Waals surface area contributed by atoms with Crippen LogP contribution in [0.5, 0.6) is 0 Å². The number of hydrogen-bond donors (Lipinski definition) is 0. The largest absolute Gasteiger partial charge is 0.465 e. The molecule has 0 saturated carbocycles. The summed E-state index contributed by atoms with van der Waals surface area (Å²) >= 11 is 0. The quantitative estimate of drug-likeness (QED) is 0.783. The normalized spacial score (nSPS) is 27.6. The molecule has 0 spiro atoms. The van der Waals surface area contributed by atoms with Gasteiger partial charge in [-0.25, -0.2) is 0 Å². The number of furan rings is 1. The highest BCUT2D eigenvalue weighted by Gasteiger charge is 2.20. The standard InChI is InChI=1S/C13H19NO2/c1-11-9-14(10-12(2)16-11)7-3-5-13-6-4-8-15-13/h3-6,8,11-12H,7,9-10H2,1-2H3. The molecule has 1 aliphatic rings. The van der Waals surface area contributed by atoms with Gasteiger partial charge < -0.3 is 9.15 Å². The van der Waals surface area contributed by atoms with Gasteiger partial charge in [-0.15, -0.1) is 0 Å². The summed E-state index contributed by atoms with van der Waals surface area (Å²) in [5.74, 6) is 0.911. The maximum Gasteiger partial charge on any atom is 0.126 e. The Hall–Kier alpha value is -1.06. The van der Waals surface area contributed by atoms with Gasteiger partial charge in [0, 0.05) is 19.6 Å². The first kappa shape index (κ1) is 11.4. The summed E-state index contributed by atoms with van der Waals surface area (Å²) in [5.41, 5.74) is 0. The molecule has 2 heterocycles. The topological polar surface area (TPSA) is 25.6 Å². The molecule has 1 fully saturated rings. The van der Waals surface area contributed by atoms with E-state index in [1.807, 2.05) is 18.2 Å². The second-order valence-corrected chi connectivity index (χ2v) is 4.39. The van der Waals surface area contributed by atoms with Crippen molar-refractivity contribution in [2.75, 3.05) is 19.6 Å². The Kier molecular flexibility index (Phi) is 3.80. The molecule has 0 radical (unpaired) electrons. The molecule has 1 aromatic heterocycles. The smallest absolute Gasteiger partial charge is 0.126 e. The van der Waals surface area contributed by atoms with Crippen LogP contribution in [0.3, 0.4) is 0 Å². The van der Waals surface area contributed by atoms with E-state index in [0.29, 0.717) is 12.2 Å². The number of morpholine rings is 1. The summed E-state index contributed by atoms with van der Waals surface area (Å²) in [4.78, 5) is 2.40. The third kappa shape index (κ3) is 3.22. The summed E-state index contributed by atoms with van der Waals surface area (Å²) < 4.78 is 10.9. The Bertz CT molecular complexity index is 322. The number of rotatable bonds is 3. The number of nitrogens with zero attached hydrogens (tertiary/aromatic N) is 1. The van der Waals surface area contributed by atoms with Gasteiger partial charge in [0.25, 0.3) is 0 Å². The van der Waals surface area contributed by atoms with Crippen molar-refractivity contribution in [1.82, 2.24) is 4.90 Å². The third-order valence-corrected chi connectivity index (χ3v) is 2.68. The van der Waals surface area contributed by atoms with Crippen LogP contribution in [0.1, 0.15) is 19.6 Å². The predicted octanol–water partition coefficient (Wildman–Crippen LogP) is 2.40. The third-order valence-electron chi connectivity index (χ3n) is 2.68. The van der Waals surface area contributed by atoms with Crippen LogP contribution in [0, 0.1) is 0 Å². The Morgan fingerprint density at radius 1 is 1.38 bits per heavy atom. The molecule has 0 N–H and O–H groups in total. The van der Waals surface area contributed by atoms with E-state index >= 15 is 0 Å². The highest BCUT2D eigenvalue weighted by molar-refractivity contribution is 5.42. The zero-order valence-corrected chi connectivity index (χ0v) is 9.93. The van der Waals surface area contributed by atoms with E-state index in [2.05, 4.69) is 24.8 Å². The summed E-state index contributed by atoms with van der Waals surface area (Å²) in [6, 6.07) is 3.86. The van der Waals surface area contributed by atoms with E-state index in [-0.39, 0.29) is 0 Å². The summed E-state index contributed by atoms with van der Waals surface area (Å²) in [7, 11) is 0. The molecular formula is C13H19NO2. The molecule has 0 aromatic carbocycles. The van der Waals surface area contributed by atoms with Crippen molar-refractivity contribution in [3.05, 3.63) is 30.2 Å². The zero-order chi connectivity index (χ0) is 11.4. The van der Waals surface area contributed by atoms with E-state index in [1.165, 1.54) is 0 Å². The van der Waals surface area contributed by atoms with Gasteiger partial charge >= 0.3 is 0 Å². The molecule has 3 nitrogen and oxygen atoms in total. The van der Waals surface area contributed by atoms with Crippen LogP contribution in [0.15, 0.2) is 28.9 Å². The average Bonchev–Trinajstić information content (AvgIpc) is 2.69. The Balaban J connectivity index is 1.81. The fourth-order valence-electron chi connectivity index (χ4n) is 2.14. The lowest BCUT2D eigenvalue weighted by Crippen LogP contribution is -2.45. The van der Waals surface area contributed by atoms with Gasteiger partial charge in [0.2, 0.25) is 0 Å². The highest BCUT2D eigenvalue weighted by atomic mass is 16.5. The Morgan fingerprint density at radius 3 is 2.75 bits per heavy atom. The molecule has 0 bridgehead atoms. The van der Waals surface area contributed by atoms with E-state index < -0.39 is 0 Å². The minimum Gasteiger partial charge on any atom is -0.465 e. The van der Waals surface area contributed by atoms with Crippen LogP contribution in [0.25, 0.3) is 6.08 Å². The van der Waals surface area contributed by atoms with Crippen LogP contribution in [-0.2, 0) is 4.74 Å². The second kappa shape index (κ2) is 5.32. The lowest BCUT2D eigenvalue weighted by atomic mass is 10.2. The van der Waals surface area contributed by atoms with Gasteiger partial charge in [0.1, 0.15) is 5.76 Å². The second-order valence-electron chi connectivity index (χ2n) is 4.39. The van der Waals surface area contributed by atoms with Gasteiger partial charge in [-0.05, 0) is 32.1 Å². The molecule has 1 saturated heterocycles. The van der Waals surface area contributed by atoms with Crippen molar-refractivity contribution in [3.63, 3.8) is 0 Å².